The summed E-state index contributed by atoms with van der Waals surface area (Å²) in [6, 6.07) is 0.921. The minimum atomic E-state index is -0.214. The van der Waals surface area contributed by atoms with Gasteiger partial charge in [-0.1, -0.05) is 131 Å². The van der Waals surface area contributed by atoms with E-state index in [0.717, 1.165) is 32.1 Å². The first-order valence-corrected chi connectivity index (χ1v) is 27.4. The van der Waals surface area contributed by atoms with Crippen molar-refractivity contribution in [1.29, 1.82) is 0 Å². The summed E-state index contributed by atoms with van der Waals surface area (Å²) in [4.78, 5) is 5.07. The zero-order valence-corrected chi connectivity index (χ0v) is 42.7. The van der Waals surface area contributed by atoms with Gasteiger partial charge in [-0.2, -0.15) is 0 Å². The van der Waals surface area contributed by atoms with Crippen molar-refractivity contribution in [2.24, 2.45) is 27.1 Å². The SMILES string of the molecule is CCC1(CC)CC=CCC1.CCC1(CC)CCC2OC2C1.CCC1(CC)CC[C@@H](N2CCCC2)[C@H](O)C1.CCC1(CC)CC[C@@H](O)[C@H](N2CCCC2)C1.OCC1(CO)CC=CCC1. The Morgan fingerprint density at radius 3 is 1.27 bits per heavy atom. The summed E-state index contributed by atoms with van der Waals surface area (Å²) in [5.74, 6) is 0. The van der Waals surface area contributed by atoms with Crippen LogP contribution in [0.4, 0.5) is 0 Å². The van der Waals surface area contributed by atoms with Crippen LogP contribution in [-0.2, 0) is 4.74 Å². The zero-order valence-electron chi connectivity index (χ0n) is 42.7. The van der Waals surface area contributed by atoms with E-state index in [2.05, 4.69) is 83.4 Å². The van der Waals surface area contributed by atoms with Crippen LogP contribution < -0.4 is 0 Å². The van der Waals surface area contributed by atoms with Gasteiger partial charge in [0, 0.05) is 17.5 Å². The number of hydrogen-bond donors (Lipinski definition) is 4. The number of rotatable bonds is 12. The molecule has 0 spiro atoms. The Balaban J connectivity index is 0.000000176. The summed E-state index contributed by atoms with van der Waals surface area (Å²) >= 11 is 0. The summed E-state index contributed by atoms with van der Waals surface area (Å²) in [7, 11) is 0. The van der Waals surface area contributed by atoms with Crippen molar-refractivity contribution in [3.05, 3.63) is 24.3 Å². The van der Waals surface area contributed by atoms with Crippen LogP contribution in [0.15, 0.2) is 24.3 Å². The van der Waals surface area contributed by atoms with Crippen LogP contribution in [0.2, 0.25) is 0 Å². The van der Waals surface area contributed by atoms with Crippen molar-refractivity contribution < 1.29 is 25.2 Å². The number of fused-ring (bicyclic) bond motifs is 1. The highest BCUT2D eigenvalue weighted by Crippen LogP contribution is 2.50. The van der Waals surface area contributed by atoms with Crippen molar-refractivity contribution in [3.8, 4) is 0 Å². The molecule has 0 bridgehead atoms. The summed E-state index contributed by atoms with van der Waals surface area (Å²) in [5, 5.41) is 38.5. The van der Waals surface area contributed by atoms with Gasteiger partial charge in [0.2, 0.25) is 0 Å². The average molecular weight is 885 g/mol. The van der Waals surface area contributed by atoms with Gasteiger partial charge < -0.3 is 25.2 Å². The molecular weight excluding hydrogens is 781 g/mol. The second-order valence-electron chi connectivity index (χ2n) is 22.3. The lowest BCUT2D eigenvalue weighted by molar-refractivity contribution is -0.0257. The molecule has 6 fully saturated rings. The smallest absolute Gasteiger partial charge is 0.0847 e. The molecule has 6 atom stereocenters. The minimum Gasteiger partial charge on any atom is -0.396 e. The summed E-state index contributed by atoms with van der Waals surface area (Å²) in [6.07, 6.45) is 43.6. The first-order chi connectivity index (χ1) is 30.4. The van der Waals surface area contributed by atoms with Crippen LogP contribution in [0.1, 0.15) is 229 Å². The molecule has 3 aliphatic heterocycles. The maximum absolute atomic E-state index is 10.4. The van der Waals surface area contributed by atoms with Crippen molar-refractivity contribution in [3.63, 3.8) is 0 Å². The quantitative estimate of drug-likeness (QED) is 0.114. The van der Waals surface area contributed by atoms with Gasteiger partial charge in [0.05, 0.1) is 37.6 Å². The van der Waals surface area contributed by atoms with Gasteiger partial charge in [0.25, 0.3) is 0 Å². The van der Waals surface area contributed by atoms with Crippen molar-refractivity contribution in [2.45, 2.75) is 265 Å². The van der Waals surface area contributed by atoms with E-state index in [9.17, 15) is 10.2 Å². The van der Waals surface area contributed by atoms with Crippen LogP contribution in [-0.4, -0.2) is 106 Å². The average Bonchev–Trinajstić information content (AvgIpc) is 3.63. The van der Waals surface area contributed by atoms with E-state index in [1.54, 1.807) is 0 Å². The van der Waals surface area contributed by atoms with Crippen LogP contribution in [0, 0.1) is 27.1 Å². The van der Waals surface area contributed by atoms with Gasteiger partial charge in [-0.3, -0.25) is 9.80 Å². The van der Waals surface area contributed by atoms with E-state index >= 15 is 0 Å². The Morgan fingerprint density at radius 1 is 0.444 bits per heavy atom. The van der Waals surface area contributed by atoms with Crippen molar-refractivity contribution >= 4 is 0 Å². The molecule has 3 saturated heterocycles. The van der Waals surface area contributed by atoms with Crippen LogP contribution in [0.3, 0.4) is 0 Å². The van der Waals surface area contributed by atoms with E-state index in [1.807, 2.05) is 6.08 Å². The molecule has 7 nitrogen and oxygen atoms in total. The highest BCUT2D eigenvalue weighted by Gasteiger charge is 2.49. The Kier molecular flexibility index (Phi) is 23.2. The number of ether oxygens (including phenoxy) is 1. The van der Waals surface area contributed by atoms with E-state index in [0.29, 0.717) is 46.0 Å². The fourth-order valence-electron chi connectivity index (χ4n) is 13.0. The number of likely N-dealkylation sites (tertiary alicyclic amines) is 2. The fourth-order valence-corrected chi connectivity index (χ4v) is 13.0. The van der Waals surface area contributed by atoms with Crippen molar-refractivity contribution in [2.75, 3.05) is 39.4 Å². The molecule has 0 amide bonds. The Hall–Kier alpha value is -0.800. The molecule has 8 aliphatic rings. The lowest BCUT2D eigenvalue weighted by Gasteiger charge is -2.45. The van der Waals surface area contributed by atoms with E-state index in [1.165, 1.54) is 167 Å². The van der Waals surface area contributed by atoms with Gasteiger partial charge in [0.1, 0.15) is 0 Å². The molecule has 7 heteroatoms. The lowest BCUT2D eigenvalue weighted by Crippen LogP contribution is -2.49. The summed E-state index contributed by atoms with van der Waals surface area (Å²) < 4.78 is 5.54. The molecule has 5 aliphatic carbocycles. The molecular formula is C56H104N2O5. The molecule has 2 unspecified atom stereocenters. The zero-order chi connectivity index (χ0) is 46.0. The van der Waals surface area contributed by atoms with Gasteiger partial charge in [-0.25, -0.2) is 0 Å². The number of aliphatic hydroxyl groups excluding tert-OH is 4. The molecule has 3 saturated carbocycles. The molecule has 368 valence electrons. The van der Waals surface area contributed by atoms with Gasteiger partial charge in [0.15, 0.2) is 0 Å². The molecule has 3 heterocycles. The number of epoxide rings is 1. The first-order valence-electron chi connectivity index (χ1n) is 27.4. The predicted molar refractivity (Wildman–Crippen MR) is 266 cm³/mol. The number of nitrogens with zero attached hydrogens (tertiary/aromatic N) is 2. The molecule has 0 aromatic heterocycles. The predicted octanol–water partition coefficient (Wildman–Crippen LogP) is 12.6. The molecule has 4 N–H and O–H groups in total. The van der Waals surface area contributed by atoms with E-state index in [4.69, 9.17) is 14.9 Å². The number of aliphatic hydroxyl groups is 4. The third-order valence-electron chi connectivity index (χ3n) is 19.4. The molecule has 0 radical (unpaired) electrons. The summed E-state index contributed by atoms with van der Waals surface area (Å²) in [6.45, 7) is 23.6. The largest absolute Gasteiger partial charge is 0.396 e. The molecule has 8 rings (SSSR count). The fraction of sp³-hybridized carbons (Fsp3) is 0.929. The monoisotopic (exact) mass is 885 g/mol. The number of hydrogen-bond acceptors (Lipinski definition) is 7. The topological polar surface area (TPSA) is 99.9 Å². The second-order valence-corrected chi connectivity index (χ2v) is 22.3. The maximum atomic E-state index is 10.4. The van der Waals surface area contributed by atoms with Crippen molar-refractivity contribution in [1.82, 2.24) is 9.80 Å². The second kappa shape index (κ2) is 26.7. The highest BCUT2D eigenvalue weighted by molar-refractivity contribution is 5.00. The maximum Gasteiger partial charge on any atom is 0.0847 e. The van der Waals surface area contributed by atoms with Crippen LogP contribution in [0.5, 0.6) is 0 Å². The molecule has 0 aromatic carbocycles. The molecule has 63 heavy (non-hydrogen) atoms. The van der Waals surface area contributed by atoms with Crippen LogP contribution >= 0.6 is 0 Å². The normalized spacial score (nSPS) is 32.3. The van der Waals surface area contributed by atoms with Gasteiger partial charge in [-0.05, 0) is 170 Å². The lowest BCUT2D eigenvalue weighted by atomic mass is 9.67. The van der Waals surface area contributed by atoms with Gasteiger partial charge in [-0.15, -0.1) is 0 Å². The summed E-state index contributed by atoms with van der Waals surface area (Å²) in [5.41, 5.74) is 2.07. The standard InChI is InChI=1S/2C14H27NO.C10H18O.C10H18.C8H14O2/c1-3-14(4-2)8-7-13(16)12(11-14)15-9-5-6-10-15;1-3-14(4-2)8-7-12(13(16)11-14)15-9-5-6-10-15;1-3-10(4-2)6-5-8-9(7-10)11-8;1-3-10(4-2)8-6-5-7-9-10;9-6-8(7-10)4-2-1-3-5-8/h2*12-13,16H,3-11H2,1-2H3;8-9H,3-7H2,1-2H3;5-6H,3-4,7-9H2,1-2H3;1-2,9-10H,3-7H2/t2*12-,13-;;;/m11.../s1. The Morgan fingerprint density at radius 2 is 0.873 bits per heavy atom. The number of allylic oxidation sites excluding steroid dienone is 4. The van der Waals surface area contributed by atoms with Gasteiger partial charge >= 0.3 is 0 Å². The van der Waals surface area contributed by atoms with Crippen LogP contribution in [0.25, 0.3) is 0 Å². The Bertz CT molecular complexity index is 1250. The first kappa shape index (κ1) is 54.8. The van der Waals surface area contributed by atoms with E-state index in [-0.39, 0.29) is 30.8 Å². The molecule has 0 aromatic rings. The Labute approximate surface area is 389 Å². The highest BCUT2D eigenvalue weighted by atomic mass is 16.6. The third-order valence-corrected chi connectivity index (χ3v) is 19.4. The van der Waals surface area contributed by atoms with E-state index < -0.39 is 0 Å². The minimum absolute atomic E-state index is 0.0654. The third kappa shape index (κ3) is 15.4.